The molecule has 3 heterocycles. The molecule has 2 aromatic rings. The Bertz CT molecular complexity index is 932. The van der Waals surface area contributed by atoms with E-state index in [0.717, 1.165) is 44.6 Å². The minimum absolute atomic E-state index is 0.00701. The van der Waals surface area contributed by atoms with Crippen molar-refractivity contribution in [1.29, 1.82) is 0 Å². The van der Waals surface area contributed by atoms with Crippen LogP contribution < -0.4 is 15.0 Å². The van der Waals surface area contributed by atoms with Crippen LogP contribution in [0.4, 0.5) is 5.69 Å². The fraction of sp³-hybridized carbons (Fsp3) is 0.538. The number of nitrogens with zero attached hydrogens (tertiary/aromatic N) is 3. The van der Waals surface area contributed by atoms with Crippen molar-refractivity contribution in [2.45, 2.75) is 51.4 Å². The first-order valence-corrected chi connectivity index (χ1v) is 12.6. The van der Waals surface area contributed by atoms with Crippen LogP contribution in [0.25, 0.3) is 0 Å². The Kier molecular flexibility index (Phi) is 8.29. The molecule has 2 aliphatic heterocycles. The summed E-state index contributed by atoms with van der Waals surface area (Å²) in [6.07, 6.45) is 3.91. The quantitative estimate of drug-likeness (QED) is 0.563. The summed E-state index contributed by atoms with van der Waals surface area (Å²) in [7, 11) is 0. The number of aliphatic hydroxyl groups excluding tert-OH is 1. The number of pyridine rings is 1. The number of aromatic nitrogens is 1. The number of aliphatic hydroxyl groups is 1. The van der Waals surface area contributed by atoms with E-state index in [4.69, 9.17) is 16.3 Å². The highest BCUT2D eigenvalue weighted by Crippen LogP contribution is 2.26. The number of benzene rings is 1. The first-order chi connectivity index (χ1) is 16.4. The molecule has 1 aromatic heterocycles. The van der Waals surface area contributed by atoms with Gasteiger partial charge in [0.2, 0.25) is 11.8 Å². The van der Waals surface area contributed by atoms with Gasteiger partial charge >= 0.3 is 0 Å². The topological polar surface area (TPSA) is 77.9 Å². The summed E-state index contributed by atoms with van der Waals surface area (Å²) in [6.45, 7) is 7.97. The molecule has 0 saturated carbocycles. The van der Waals surface area contributed by atoms with Gasteiger partial charge in [-0.1, -0.05) is 11.6 Å². The maximum absolute atomic E-state index is 13.2. The minimum atomic E-state index is -0.848. The van der Waals surface area contributed by atoms with Crippen molar-refractivity contribution in [3.8, 4) is 5.88 Å². The molecule has 8 heteroatoms. The molecule has 34 heavy (non-hydrogen) atoms. The van der Waals surface area contributed by atoms with Gasteiger partial charge in [-0.2, -0.15) is 0 Å². The number of anilines is 1. The summed E-state index contributed by atoms with van der Waals surface area (Å²) < 4.78 is 5.62. The zero-order chi connectivity index (χ0) is 24.1. The van der Waals surface area contributed by atoms with Crippen LogP contribution in [0, 0.1) is 5.92 Å². The highest BCUT2D eigenvalue weighted by Gasteiger charge is 2.33. The molecule has 0 aliphatic carbocycles. The van der Waals surface area contributed by atoms with Gasteiger partial charge in [0.05, 0.1) is 18.1 Å². The molecular weight excluding hydrogens is 452 g/mol. The maximum Gasteiger partial charge on any atom is 0.225 e. The summed E-state index contributed by atoms with van der Waals surface area (Å²) in [5, 5.41) is 15.1. The SMILES string of the molecule is CC(C)Oc1ccc(C(O)C(CN2CCCC2)NC(=O)[C@@H]2CCN(c3ccc(Cl)cc3)C2)cn1. The van der Waals surface area contributed by atoms with Crippen molar-refractivity contribution >= 4 is 23.2 Å². The number of amides is 1. The van der Waals surface area contributed by atoms with E-state index in [0.29, 0.717) is 29.6 Å². The lowest BCUT2D eigenvalue weighted by Gasteiger charge is -2.29. The minimum Gasteiger partial charge on any atom is -0.475 e. The molecular formula is C26H35ClN4O3. The van der Waals surface area contributed by atoms with Crippen molar-refractivity contribution < 1.29 is 14.6 Å². The molecule has 0 bridgehead atoms. The first kappa shape index (κ1) is 24.8. The van der Waals surface area contributed by atoms with E-state index in [1.165, 1.54) is 0 Å². The Morgan fingerprint density at radius 1 is 1.18 bits per heavy atom. The molecule has 184 valence electrons. The lowest BCUT2D eigenvalue weighted by Crippen LogP contribution is -2.48. The molecule has 2 saturated heterocycles. The van der Waals surface area contributed by atoms with E-state index in [1.54, 1.807) is 12.3 Å². The van der Waals surface area contributed by atoms with Crippen molar-refractivity contribution in [2.24, 2.45) is 5.92 Å². The number of nitrogens with one attached hydrogen (secondary N) is 1. The summed E-state index contributed by atoms with van der Waals surface area (Å²) in [5.74, 6) is 0.399. The highest BCUT2D eigenvalue weighted by molar-refractivity contribution is 6.30. The average molecular weight is 487 g/mol. The number of halogens is 1. The molecule has 1 amide bonds. The molecule has 2 unspecified atom stereocenters. The van der Waals surface area contributed by atoms with Gasteiger partial charge in [0.15, 0.2) is 0 Å². The molecule has 0 radical (unpaired) electrons. The molecule has 1 aromatic carbocycles. The molecule has 3 atom stereocenters. The van der Waals surface area contributed by atoms with Crippen molar-refractivity contribution in [2.75, 3.05) is 37.6 Å². The second kappa shape index (κ2) is 11.4. The third-order valence-corrected chi connectivity index (χ3v) is 6.82. The number of carbonyl (C=O) groups is 1. The average Bonchev–Trinajstić information content (AvgIpc) is 3.51. The van der Waals surface area contributed by atoms with Gasteiger partial charge in [0.1, 0.15) is 6.10 Å². The fourth-order valence-corrected chi connectivity index (χ4v) is 4.87. The summed E-state index contributed by atoms with van der Waals surface area (Å²) in [4.78, 5) is 22.1. The van der Waals surface area contributed by atoms with Crippen LogP contribution in [0.15, 0.2) is 42.6 Å². The largest absolute Gasteiger partial charge is 0.475 e. The number of likely N-dealkylation sites (tertiary alicyclic amines) is 1. The van der Waals surface area contributed by atoms with E-state index in [-0.39, 0.29) is 17.9 Å². The predicted octanol–water partition coefficient (Wildman–Crippen LogP) is 3.66. The Labute approximate surface area is 207 Å². The summed E-state index contributed by atoms with van der Waals surface area (Å²) in [5.41, 5.74) is 1.75. The van der Waals surface area contributed by atoms with Gasteiger partial charge in [-0.3, -0.25) is 4.79 Å². The molecule has 2 aliphatic rings. The van der Waals surface area contributed by atoms with Gasteiger partial charge in [0, 0.05) is 48.2 Å². The van der Waals surface area contributed by atoms with Crippen LogP contribution in [-0.2, 0) is 4.79 Å². The van der Waals surface area contributed by atoms with Crippen LogP contribution in [0.3, 0.4) is 0 Å². The zero-order valence-corrected chi connectivity index (χ0v) is 20.7. The Morgan fingerprint density at radius 2 is 1.91 bits per heavy atom. The fourth-order valence-electron chi connectivity index (χ4n) is 4.74. The monoisotopic (exact) mass is 486 g/mol. The van der Waals surface area contributed by atoms with E-state index < -0.39 is 12.1 Å². The second-order valence-corrected chi connectivity index (χ2v) is 10.0. The second-order valence-electron chi connectivity index (χ2n) is 9.57. The maximum atomic E-state index is 13.2. The van der Waals surface area contributed by atoms with E-state index in [9.17, 15) is 9.90 Å². The van der Waals surface area contributed by atoms with Gasteiger partial charge in [-0.15, -0.1) is 0 Å². The third-order valence-electron chi connectivity index (χ3n) is 6.57. The van der Waals surface area contributed by atoms with Crippen LogP contribution in [0.5, 0.6) is 5.88 Å². The number of ether oxygens (including phenoxy) is 1. The molecule has 0 spiro atoms. The first-order valence-electron chi connectivity index (χ1n) is 12.2. The van der Waals surface area contributed by atoms with Crippen molar-refractivity contribution in [3.63, 3.8) is 0 Å². The number of rotatable bonds is 9. The van der Waals surface area contributed by atoms with Crippen LogP contribution in [0.1, 0.15) is 44.8 Å². The summed E-state index contributed by atoms with van der Waals surface area (Å²) in [6, 6.07) is 10.9. The smallest absolute Gasteiger partial charge is 0.225 e. The Morgan fingerprint density at radius 3 is 2.56 bits per heavy atom. The third kappa shape index (κ3) is 6.40. The highest BCUT2D eigenvalue weighted by atomic mass is 35.5. The van der Waals surface area contributed by atoms with Crippen molar-refractivity contribution in [1.82, 2.24) is 15.2 Å². The Hall–Kier alpha value is -2.35. The number of carbonyl (C=O) groups excluding carboxylic acids is 1. The van der Waals surface area contributed by atoms with Crippen molar-refractivity contribution in [3.05, 3.63) is 53.2 Å². The molecule has 7 nitrogen and oxygen atoms in total. The van der Waals surface area contributed by atoms with Gasteiger partial charge in [-0.25, -0.2) is 4.98 Å². The molecule has 2 fully saturated rings. The van der Waals surface area contributed by atoms with E-state index in [2.05, 4.69) is 20.1 Å². The predicted molar refractivity (Wildman–Crippen MR) is 134 cm³/mol. The lowest BCUT2D eigenvalue weighted by atomic mass is 10.0. The van der Waals surface area contributed by atoms with Gasteiger partial charge < -0.3 is 25.0 Å². The Balaban J connectivity index is 1.42. The number of hydrogen-bond acceptors (Lipinski definition) is 6. The van der Waals surface area contributed by atoms with Crippen LogP contribution >= 0.6 is 11.6 Å². The van der Waals surface area contributed by atoms with Crippen LogP contribution in [0.2, 0.25) is 5.02 Å². The number of hydrogen-bond donors (Lipinski definition) is 2. The lowest BCUT2D eigenvalue weighted by molar-refractivity contribution is -0.126. The van der Waals surface area contributed by atoms with Gasteiger partial charge in [-0.05, 0) is 76.5 Å². The molecule has 2 N–H and O–H groups in total. The van der Waals surface area contributed by atoms with E-state index >= 15 is 0 Å². The summed E-state index contributed by atoms with van der Waals surface area (Å²) >= 11 is 6.01. The normalized spacial score (nSPS) is 20.5. The van der Waals surface area contributed by atoms with E-state index in [1.807, 2.05) is 44.2 Å². The van der Waals surface area contributed by atoms with Crippen LogP contribution in [-0.4, -0.2) is 65.8 Å². The van der Waals surface area contributed by atoms with Gasteiger partial charge in [0.25, 0.3) is 0 Å². The molecule has 4 rings (SSSR count). The zero-order valence-electron chi connectivity index (χ0n) is 20.0. The standard InChI is InChI=1S/C26H35ClN4O3/c1-18(2)34-24-10-5-19(15-28-24)25(32)23(17-30-12-3-4-13-30)29-26(33)20-11-14-31(16-20)22-8-6-21(27)7-9-22/h5-10,15,18,20,23,25,32H,3-4,11-14,16-17H2,1-2H3,(H,29,33)/t20-,23?,25?/m1/s1.